The maximum Gasteiger partial charge on any atom is 0.270 e. The molecule has 2 amide bonds. The van der Waals surface area contributed by atoms with E-state index in [1.165, 1.54) is 6.39 Å². The SMILES string of the molecule is CC(=O)N1CC(Cc2cc(C(=O)NC[C@H](O)CN3CCc4c(ccc(OCc5cnco5)c4Cl)C3)nc(C(C)(C)C)n2)C1. The lowest BCUT2D eigenvalue weighted by molar-refractivity contribution is -0.134. The maximum atomic E-state index is 13.1. The topological polar surface area (TPSA) is 134 Å². The number of aliphatic hydroxyl groups excluding tert-OH is 1. The van der Waals surface area contributed by atoms with Gasteiger partial charge in [0.15, 0.2) is 12.2 Å². The monoisotopic (exact) mass is 610 g/mol. The van der Waals surface area contributed by atoms with Gasteiger partial charge in [-0.3, -0.25) is 14.5 Å². The molecule has 0 radical (unpaired) electrons. The molecule has 1 aromatic carbocycles. The first kappa shape index (κ1) is 30.9. The molecule has 0 bridgehead atoms. The molecule has 12 heteroatoms. The molecule has 4 heterocycles. The molecule has 1 fully saturated rings. The Labute approximate surface area is 256 Å². The number of aromatic nitrogens is 3. The third-order valence-corrected chi connectivity index (χ3v) is 8.19. The molecule has 2 N–H and O–H groups in total. The van der Waals surface area contributed by atoms with Gasteiger partial charge in [0.2, 0.25) is 5.91 Å². The van der Waals surface area contributed by atoms with Crippen LogP contribution in [0.5, 0.6) is 5.75 Å². The number of carbonyl (C=O) groups excluding carboxylic acids is 2. The van der Waals surface area contributed by atoms with Crippen molar-refractivity contribution in [2.24, 2.45) is 5.92 Å². The number of hydrogen-bond donors (Lipinski definition) is 2. The number of ether oxygens (including phenoxy) is 1. The van der Waals surface area contributed by atoms with Gasteiger partial charge < -0.3 is 24.5 Å². The standard InChI is InChI=1S/C31H39ClN6O5/c1-19(39)38-13-20(14-38)9-22-10-26(36-30(35-22)31(2,3)4)29(41)34-11-23(40)16-37-8-7-25-21(15-37)5-6-27(28(25)32)42-17-24-12-33-18-43-24/h5-6,10,12,18,20,23,40H,7-9,11,13-17H2,1-4H3,(H,34,41)/t23-/m0/s1. The summed E-state index contributed by atoms with van der Waals surface area (Å²) in [6.45, 7) is 11.1. The predicted molar refractivity (Wildman–Crippen MR) is 160 cm³/mol. The third kappa shape index (κ3) is 7.70. The largest absolute Gasteiger partial charge is 0.484 e. The van der Waals surface area contributed by atoms with Crippen molar-refractivity contribution in [1.29, 1.82) is 0 Å². The number of likely N-dealkylation sites (tertiary alicyclic amines) is 1. The van der Waals surface area contributed by atoms with Crippen molar-refractivity contribution in [1.82, 2.24) is 30.1 Å². The average Bonchev–Trinajstić information content (AvgIpc) is 3.46. The van der Waals surface area contributed by atoms with Crippen molar-refractivity contribution in [2.45, 2.75) is 65.2 Å². The van der Waals surface area contributed by atoms with Gasteiger partial charge in [0, 0.05) is 57.3 Å². The summed E-state index contributed by atoms with van der Waals surface area (Å²) >= 11 is 6.66. The Hall–Kier alpha value is -3.54. The third-order valence-electron chi connectivity index (χ3n) is 7.78. The van der Waals surface area contributed by atoms with Crippen LogP contribution >= 0.6 is 11.6 Å². The molecule has 11 nitrogen and oxygen atoms in total. The average molecular weight is 611 g/mol. The van der Waals surface area contributed by atoms with E-state index in [-0.39, 0.29) is 36.1 Å². The van der Waals surface area contributed by atoms with Gasteiger partial charge in [-0.2, -0.15) is 0 Å². The Kier molecular flexibility index (Phi) is 9.33. The number of hydrogen-bond acceptors (Lipinski definition) is 9. The highest BCUT2D eigenvalue weighted by atomic mass is 35.5. The van der Waals surface area contributed by atoms with E-state index in [1.807, 2.05) is 32.9 Å². The lowest BCUT2D eigenvalue weighted by Crippen LogP contribution is -2.49. The van der Waals surface area contributed by atoms with E-state index in [0.717, 1.165) is 29.8 Å². The molecule has 43 heavy (non-hydrogen) atoms. The van der Waals surface area contributed by atoms with Crippen LogP contribution in [-0.2, 0) is 36.2 Å². The van der Waals surface area contributed by atoms with Gasteiger partial charge in [0.25, 0.3) is 5.91 Å². The van der Waals surface area contributed by atoms with Gasteiger partial charge in [-0.05, 0) is 42.0 Å². The summed E-state index contributed by atoms with van der Waals surface area (Å²) < 4.78 is 11.0. The van der Waals surface area contributed by atoms with Crippen LogP contribution in [0.3, 0.4) is 0 Å². The number of fused-ring (bicyclic) bond motifs is 1. The Balaban J connectivity index is 1.14. The summed E-state index contributed by atoms with van der Waals surface area (Å²) in [7, 11) is 0. The number of halogens is 1. The van der Waals surface area contributed by atoms with Crippen LogP contribution in [0.2, 0.25) is 5.02 Å². The normalized spacial score (nSPS) is 16.4. The summed E-state index contributed by atoms with van der Waals surface area (Å²) in [6.07, 6.45) is 3.60. The second-order valence-electron chi connectivity index (χ2n) is 12.4. The molecule has 2 aliphatic heterocycles. The van der Waals surface area contributed by atoms with Gasteiger partial charge >= 0.3 is 0 Å². The maximum absolute atomic E-state index is 13.1. The summed E-state index contributed by atoms with van der Waals surface area (Å²) in [5, 5.41) is 14.2. The summed E-state index contributed by atoms with van der Waals surface area (Å²) in [6, 6.07) is 5.57. The molecule has 5 rings (SSSR count). The molecule has 230 valence electrons. The number of aliphatic hydroxyl groups is 1. The second kappa shape index (κ2) is 13.0. The van der Waals surface area contributed by atoms with Crippen molar-refractivity contribution in [3.63, 3.8) is 0 Å². The molecule has 0 spiro atoms. The number of rotatable bonds is 10. The number of oxazole rings is 1. The van der Waals surface area contributed by atoms with Gasteiger partial charge in [0.1, 0.15) is 23.9 Å². The fourth-order valence-electron chi connectivity index (χ4n) is 5.35. The van der Waals surface area contributed by atoms with E-state index in [1.54, 1.807) is 24.1 Å². The first-order chi connectivity index (χ1) is 20.5. The Morgan fingerprint density at radius 2 is 2.05 bits per heavy atom. The zero-order chi connectivity index (χ0) is 30.7. The van der Waals surface area contributed by atoms with E-state index in [0.29, 0.717) is 60.9 Å². The molecule has 0 unspecified atom stereocenters. The van der Waals surface area contributed by atoms with Crippen molar-refractivity contribution in [2.75, 3.05) is 32.7 Å². The first-order valence-electron chi connectivity index (χ1n) is 14.6. The molecule has 2 aliphatic rings. The van der Waals surface area contributed by atoms with Crippen LogP contribution in [0.4, 0.5) is 0 Å². The van der Waals surface area contributed by atoms with Gasteiger partial charge in [-0.15, -0.1) is 0 Å². The van der Waals surface area contributed by atoms with Gasteiger partial charge in [-0.1, -0.05) is 38.4 Å². The highest BCUT2D eigenvalue weighted by molar-refractivity contribution is 6.33. The summed E-state index contributed by atoms with van der Waals surface area (Å²) in [4.78, 5) is 41.8. The van der Waals surface area contributed by atoms with E-state index < -0.39 is 6.10 Å². The van der Waals surface area contributed by atoms with Crippen LogP contribution in [0, 0.1) is 5.92 Å². The van der Waals surface area contributed by atoms with Crippen LogP contribution in [0.15, 0.2) is 35.2 Å². The minimum atomic E-state index is -0.763. The van der Waals surface area contributed by atoms with Crippen LogP contribution in [0.1, 0.15) is 66.6 Å². The molecule has 1 atom stereocenters. The smallest absolute Gasteiger partial charge is 0.270 e. The molecule has 0 saturated carbocycles. The highest BCUT2D eigenvalue weighted by Gasteiger charge is 2.30. The Bertz CT molecular complexity index is 1450. The fourth-order valence-corrected chi connectivity index (χ4v) is 5.68. The molecule has 3 aromatic rings. The van der Waals surface area contributed by atoms with E-state index in [9.17, 15) is 14.7 Å². The van der Waals surface area contributed by atoms with E-state index >= 15 is 0 Å². The highest BCUT2D eigenvalue weighted by Crippen LogP contribution is 2.34. The Morgan fingerprint density at radius 3 is 2.74 bits per heavy atom. The molecule has 0 aliphatic carbocycles. The Morgan fingerprint density at radius 1 is 1.26 bits per heavy atom. The van der Waals surface area contributed by atoms with Crippen molar-refractivity contribution in [3.8, 4) is 5.75 Å². The van der Waals surface area contributed by atoms with Crippen molar-refractivity contribution in [3.05, 3.63) is 69.9 Å². The molecule has 2 aromatic heterocycles. The number of nitrogens with one attached hydrogen (secondary N) is 1. The van der Waals surface area contributed by atoms with Gasteiger partial charge in [0.05, 0.1) is 17.3 Å². The fraction of sp³-hybridized carbons (Fsp3) is 0.516. The molecular formula is C31H39ClN6O5. The summed E-state index contributed by atoms with van der Waals surface area (Å²) in [5.74, 6) is 1.85. The number of nitrogens with zero attached hydrogens (tertiary/aromatic N) is 5. The number of amides is 2. The minimum Gasteiger partial charge on any atom is -0.484 e. The van der Waals surface area contributed by atoms with Crippen LogP contribution < -0.4 is 10.1 Å². The van der Waals surface area contributed by atoms with Crippen LogP contribution in [0.25, 0.3) is 0 Å². The zero-order valence-electron chi connectivity index (χ0n) is 25.1. The lowest BCUT2D eigenvalue weighted by atomic mass is 9.92. The lowest BCUT2D eigenvalue weighted by Gasteiger charge is -2.38. The second-order valence-corrected chi connectivity index (χ2v) is 12.8. The number of benzene rings is 1. The van der Waals surface area contributed by atoms with Crippen molar-refractivity contribution < 1.29 is 23.8 Å². The van der Waals surface area contributed by atoms with Crippen LogP contribution in [-0.4, -0.2) is 80.5 Å². The predicted octanol–water partition coefficient (Wildman–Crippen LogP) is 3.16. The van der Waals surface area contributed by atoms with Crippen molar-refractivity contribution >= 4 is 23.4 Å². The number of β-amino-alcohol motifs (C(OH)–C–C–N with tert-alkyl or cyclic N) is 1. The summed E-state index contributed by atoms with van der Waals surface area (Å²) in [5.41, 5.74) is 2.86. The minimum absolute atomic E-state index is 0.0735. The first-order valence-corrected chi connectivity index (χ1v) is 15.0. The van der Waals surface area contributed by atoms with E-state index in [2.05, 4.69) is 20.2 Å². The molecular weight excluding hydrogens is 572 g/mol. The van der Waals surface area contributed by atoms with Gasteiger partial charge in [-0.25, -0.2) is 15.0 Å². The van der Waals surface area contributed by atoms with E-state index in [4.69, 9.17) is 25.7 Å². The number of carbonyl (C=O) groups is 2. The quantitative estimate of drug-likeness (QED) is 0.355. The molecule has 1 saturated heterocycles. The zero-order valence-corrected chi connectivity index (χ0v) is 25.9.